The summed E-state index contributed by atoms with van der Waals surface area (Å²) in [5.74, 6) is -0.380. The van der Waals surface area contributed by atoms with Gasteiger partial charge in [0.05, 0.1) is 11.4 Å². The Balaban J connectivity index is 2.78. The maximum Gasteiger partial charge on any atom is 0.241 e. The first-order valence-electron chi connectivity index (χ1n) is 6.67. The molecule has 0 bridgehead atoms. The van der Waals surface area contributed by atoms with Crippen molar-refractivity contribution in [2.45, 2.75) is 44.2 Å². The predicted molar refractivity (Wildman–Crippen MR) is 82.1 cm³/mol. The Labute approximate surface area is 126 Å². The van der Waals surface area contributed by atoms with Gasteiger partial charge < -0.3 is 11.1 Å². The van der Waals surface area contributed by atoms with Crippen LogP contribution in [0, 0.1) is 0 Å². The number of carbonyl (C=O) groups is 1. The van der Waals surface area contributed by atoms with E-state index in [-0.39, 0.29) is 23.4 Å². The van der Waals surface area contributed by atoms with Gasteiger partial charge in [-0.1, -0.05) is 12.1 Å². The lowest BCUT2D eigenvalue weighted by Gasteiger charge is -2.20. The second kappa shape index (κ2) is 6.55. The summed E-state index contributed by atoms with van der Waals surface area (Å²) in [6.07, 6.45) is 0. The smallest absolute Gasteiger partial charge is 0.241 e. The van der Waals surface area contributed by atoms with Crippen molar-refractivity contribution in [1.82, 2.24) is 10.0 Å². The van der Waals surface area contributed by atoms with Crippen molar-refractivity contribution in [1.29, 1.82) is 0 Å². The van der Waals surface area contributed by atoms with Crippen LogP contribution in [0.4, 0.5) is 0 Å². The summed E-state index contributed by atoms with van der Waals surface area (Å²) in [6, 6.07) is 6.10. The molecule has 0 spiro atoms. The highest BCUT2D eigenvalue weighted by molar-refractivity contribution is 7.89. The zero-order valence-electron chi connectivity index (χ0n) is 12.8. The van der Waals surface area contributed by atoms with Crippen molar-refractivity contribution in [3.8, 4) is 0 Å². The molecular formula is C14H23N3O3S. The number of rotatable bonds is 5. The lowest BCUT2D eigenvalue weighted by Crippen LogP contribution is -2.45. The molecule has 21 heavy (non-hydrogen) atoms. The van der Waals surface area contributed by atoms with Crippen LogP contribution < -0.4 is 15.8 Å². The minimum Gasteiger partial charge on any atom is -0.350 e. The first kappa shape index (κ1) is 17.6. The van der Waals surface area contributed by atoms with E-state index in [4.69, 9.17) is 5.73 Å². The van der Waals surface area contributed by atoms with Crippen molar-refractivity contribution in [3.05, 3.63) is 29.8 Å². The molecule has 1 aromatic carbocycles. The highest BCUT2D eigenvalue weighted by Crippen LogP contribution is 2.15. The second-order valence-corrected chi connectivity index (χ2v) is 7.75. The van der Waals surface area contributed by atoms with E-state index in [1.54, 1.807) is 19.1 Å². The van der Waals surface area contributed by atoms with Crippen LogP contribution in [0.2, 0.25) is 0 Å². The molecule has 0 saturated heterocycles. The first-order valence-corrected chi connectivity index (χ1v) is 8.16. The Morgan fingerprint density at radius 3 is 2.48 bits per heavy atom. The Bertz CT molecular complexity index is 604. The minimum atomic E-state index is -3.73. The van der Waals surface area contributed by atoms with Gasteiger partial charge in [0, 0.05) is 11.6 Å². The molecule has 0 heterocycles. The Kier molecular flexibility index (Phi) is 5.49. The van der Waals surface area contributed by atoms with E-state index >= 15 is 0 Å². The van der Waals surface area contributed by atoms with Crippen LogP contribution >= 0.6 is 0 Å². The molecule has 1 rings (SSSR count). The third-order valence-corrected chi connectivity index (χ3v) is 4.03. The van der Waals surface area contributed by atoms with E-state index in [1.807, 2.05) is 20.8 Å². The molecule has 0 fully saturated rings. The third kappa shape index (κ3) is 5.82. The number of benzene rings is 1. The summed E-state index contributed by atoms with van der Waals surface area (Å²) >= 11 is 0. The van der Waals surface area contributed by atoms with Gasteiger partial charge in [-0.3, -0.25) is 4.79 Å². The average Bonchev–Trinajstić information content (AvgIpc) is 2.35. The second-order valence-electron chi connectivity index (χ2n) is 5.98. The summed E-state index contributed by atoms with van der Waals surface area (Å²) in [7, 11) is -3.73. The van der Waals surface area contributed by atoms with E-state index in [0.29, 0.717) is 0 Å². The Hall–Kier alpha value is -1.44. The number of amides is 1. The number of sulfonamides is 1. The van der Waals surface area contributed by atoms with Crippen molar-refractivity contribution in [3.63, 3.8) is 0 Å². The Morgan fingerprint density at radius 2 is 1.95 bits per heavy atom. The predicted octanol–water partition coefficient (Wildman–Crippen LogP) is 0.899. The molecule has 4 N–H and O–H groups in total. The number of hydrogen-bond acceptors (Lipinski definition) is 4. The molecule has 0 aromatic heterocycles. The fraction of sp³-hybridized carbons (Fsp3) is 0.500. The highest BCUT2D eigenvalue weighted by Gasteiger charge is 2.19. The maximum absolute atomic E-state index is 12.1. The zero-order chi connectivity index (χ0) is 16.3. The molecule has 1 atom stereocenters. The lowest BCUT2D eigenvalue weighted by molar-refractivity contribution is -0.121. The monoisotopic (exact) mass is 313 g/mol. The summed E-state index contributed by atoms with van der Waals surface area (Å²) in [5, 5.41) is 2.69. The van der Waals surface area contributed by atoms with Gasteiger partial charge in [0.2, 0.25) is 15.9 Å². The number of hydrogen-bond donors (Lipinski definition) is 3. The SMILES string of the molecule is CC(N)c1cccc(S(=O)(=O)NCC(=O)NC(C)(C)C)c1. The molecule has 0 aliphatic heterocycles. The standard InChI is InChI=1S/C14H23N3O3S/c1-10(15)11-6-5-7-12(8-11)21(19,20)16-9-13(18)17-14(2,3)4/h5-8,10,16H,9,15H2,1-4H3,(H,17,18). The van der Waals surface area contributed by atoms with Crippen LogP contribution in [0.3, 0.4) is 0 Å². The largest absolute Gasteiger partial charge is 0.350 e. The molecule has 0 aliphatic rings. The average molecular weight is 313 g/mol. The molecule has 1 aromatic rings. The molecule has 7 heteroatoms. The van der Waals surface area contributed by atoms with Crippen LogP contribution in [-0.4, -0.2) is 26.4 Å². The zero-order valence-corrected chi connectivity index (χ0v) is 13.6. The fourth-order valence-corrected chi connectivity index (χ4v) is 2.71. The first-order chi connectivity index (χ1) is 9.51. The number of nitrogens with one attached hydrogen (secondary N) is 2. The van der Waals surface area contributed by atoms with Gasteiger partial charge in [-0.05, 0) is 45.4 Å². The van der Waals surface area contributed by atoms with Crippen LogP contribution in [0.5, 0.6) is 0 Å². The van der Waals surface area contributed by atoms with Crippen molar-refractivity contribution < 1.29 is 13.2 Å². The molecule has 0 aliphatic carbocycles. The molecule has 0 radical (unpaired) electrons. The highest BCUT2D eigenvalue weighted by atomic mass is 32.2. The molecule has 0 saturated carbocycles. The van der Waals surface area contributed by atoms with Gasteiger partial charge >= 0.3 is 0 Å². The van der Waals surface area contributed by atoms with Gasteiger partial charge in [0.25, 0.3) is 0 Å². The molecule has 1 unspecified atom stereocenters. The van der Waals surface area contributed by atoms with E-state index in [0.717, 1.165) is 5.56 Å². The van der Waals surface area contributed by atoms with Crippen LogP contribution in [0.1, 0.15) is 39.3 Å². The topological polar surface area (TPSA) is 101 Å². The fourth-order valence-electron chi connectivity index (χ4n) is 1.67. The molecular weight excluding hydrogens is 290 g/mol. The van der Waals surface area contributed by atoms with Crippen molar-refractivity contribution in [2.75, 3.05) is 6.54 Å². The van der Waals surface area contributed by atoms with E-state index < -0.39 is 15.6 Å². The van der Waals surface area contributed by atoms with E-state index in [2.05, 4.69) is 10.0 Å². The van der Waals surface area contributed by atoms with Gasteiger partial charge in [-0.2, -0.15) is 0 Å². The summed E-state index contributed by atoms with van der Waals surface area (Å²) < 4.78 is 26.6. The lowest BCUT2D eigenvalue weighted by atomic mass is 10.1. The summed E-state index contributed by atoms with van der Waals surface area (Å²) in [6.45, 7) is 6.94. The van der Waals surface area contributed by atoms with Gasteiger partial charge in [-0.25, -0.2) is 13.1 Å². The normalized spacial score (nSPS) is 13.8. The van der Waals surface area contributed by atoms with Gasteiger partial charge in [0.15, 0.2) is 0 Å². The molecule has 118 valence electrons. The quantitative estimate of drug-likeness (QED) is 0.751. The van der Waals surface area contributed by atoms with Crippen LogP contribution in [0.25, 0.3) is 0 Å². The van der Waals surface area contributed by atoms with Crippen molar-refractivity contribution in [2.24, 2.45) is 5.73 Å². The number of nitrogens with two attached hydrogens (primary N) is 1. The minimum absolute atomic E-state index is 0.0980. The molecule has 6 nitrogen and oxygen atoms in total. The maximum atomic E-state index is 12.1. The third-order valence-electron chi connectivity index (χ3n) is 2.63. The van der Waals surface area contributed by atoms with Crippen LogP contribution in [-0.2, 0) is 14.8 Å². The van der Waals surface area contributed by atoms with E-state index in [9.17, 15) is 13.2 Å². The Morgan fingerprint density at radius 1 is 1.33 bits per heavy atom. The summed E-state index contributed by atoms with van der Waals surface area (Å²) in [4.78, 5) is 11.8. The summed E-state index contributed by atoms with van der Waals surface area (Å²) in [5.41, 5.74) is 6.05. The van der Waals surface area contributed by atoms with Gasteiger partial charge in [-0.15, -0.1) is 0 Å². The van der Waals surface area contributed by atoms with Crippen molar-refractivity contribution >= 4 is 15.9 Å². The van der Waals surface area contributed by atoms with Crippen LogP contribution in [0.15, 0.2) is 29.2 Å². The van der Waals surface area contributed by atoms with E-state index in [1.165, 1.54) is 12.1 Å². The van der Waals surface area contributed by atoms with Gasteiger partial charge in [0.1, 0.15) is 0 Å². The number of carbonyl (C=O) groups excluding carboxylic acids is 1. The molecule has 1 amide bonds.